The van der Waals surface area contributed by atoms with E-state index in [0.717, 1.165) is 6.54 Å². The molecular weight excluding hydrogens is 343 g/mol. The molecule has 0 radical (unpaired) electrons. The third-order valence-corrected chi connectivity index (χ3v) is 5.02. The summed E-state index contributed by atoms with van der Waals surface area (Å²) in [7, 11) is -3.16. The number of nitrogens with one attached hydrogen (secondary N) is 2. The molecular formula is C17H29FN4O2S. The first-order chi connectivity index (χ1) is 11.9. The topological polar surface area (TPSA) is 73.8 Å². The number of nitrogens with zero attached hydrogens (tertiary/aromatic N) is 2. The summed E-state index contributed by atoms with van der Waals surface area (Å²) < 4.78 is 38.1. The second-order valence-electron chi connectivity index (χ2n) is 5.64. The number of halogens is 1. The molecule has 1 aromatic rings. The van der Waals surface area contributed by atoms with Crippen LogP contribution in [0, 0.1) is 5.82 Å². The summed E-state index contributed by atoms with van der Waals surface area (Å²) in [4.78, 5) is 4.43. The van der Waals surface area contributed by atoms with Crippen LogP contribution in [0.1, 0.15) is 25.8 Å². The lowest BCUT2D eigenvalue weighted by atomic mass is 10.1. The van der Waals surface area contributed by atoms with E-state index in [4.69, 9.17) is 0 Å². The van der Waals surface area contributed by atoms with Crippen molar-refractivity contribution in [3.8, 4) is 0 Å². The number of hydrogen-bond donors (Lipinski definition) is 2. The van der Waals surface area contributed by atoms with E-state index in [-0.39, 0.29) is 5.82 Å². The fourth-order valence-corrected chi connectivity index (χ4v) is 3.28. The second kappa shape index (κ2) is 11.0. The average Bonchev–Trinajstić information content (AvgIpc) is 2.55. The Kier molecular flexibility index (Phi) is 9.44. The van der Waals surface area contributed by atoms with Gasteiger partial charge in [-0.15, -0.1) is 0 Å². The summed E-state index contributed by atoms with van der Waals surface area (Å²) in [6.07, 6.45) is 2.42. The molecule has 25 heavy (non-hydrogen) atoms. The quantitative estimate of drug-likeness (QED) is 0.372. The normalized spacial score (nSPS) is 12.4. The number of benzene rings is 1. The maximum atomic E-state index is 13.6. The molecule has 142 valence electrons. The van der Waals surface area contributed by atoms with E-state index in [1.165, 1.54) is 16.6 Å². The van der Waals surface area contributed by atoms with Crippen molar-refractivity contribution in [3.63, 3.8) is 0 Å². The molecule has 2 N–H and O–H groups in total. The summed E-state index contributed by atoms with van der Waals surface area (Å²) in [6.45, 7) is 6.50. The summed E-state index contributed by atoms with van der Waals surface area (Å²) in [5.41, 5.74) is 0.664. The zero-order valence-corrected chi connectivity index (χ0v) is 16.1. The van der Waals surface area contributed by atoms with Crippen LogP contribution in [0.3, 0.4) is 0 Å². The van der Waals surface area contributed by atoms with Crippen LogP contribution in [0.4, 0.5) is 4.39 Å². The average molecular weight is 373 g/mol. The Morgan fingerprint density at radius 1 is 1.24 bits per heavy atom. The van der Waals surface area contributed by atoms with E-state index >= 15 is 0 Å². The summed E-state index contributed by atoms with van der Waals surface area (Å²) in [6, 6.07) is 6.72. The van der Waals surface area contributed by atoms with Crippen molar-refractivity contribution in [2.75, 3.05) is 39.0 Å². The standard InChI is InChI=1S/C17H29FN4O2S/c1-4-19-17(20-12-8-14-22(5-2)25(3,23)24)21-13-11-15-9-6-7-10-16(15)18/h6-7,9-10H,4-5,8,11-14H2,1-3H3,(H2,19,20,21). The third kappa shape index (κ3) is 8.31. The van der Waals surface area contributed by atoms with Crippen LogP contribution in [-0.4, -0.2) is 57.7 Å². The predicted molar refractivity (Wildman–Crippen MR) is 101 cm³/mol. The van der Waals surface area contributed by atoms with Crippen LogP contribution in [0.25, 0.3) is 0 Å². The minimum Gasteiger partial charge on any atom is -0.357 e. The lowest BCUT2D eigenvalue weighted by molar-refractivity contribution is 0.427. The van der Waals surface area contributed by atoms with Gasteiger partial charge in [0.2, 0.25) is 10.0 Å². The van der Waals surface area contributed by atoms with Crippen molar-refractivity contribution in [3.05, 3.63) is 35.6 Å². The molecule has 0 aliphatic carbocycles. The van der Waals surface area contributed by atoms with E-state index in [2.05, 4.69) is 15.6 Å². The van der Waals surface area contributed by atoms with E-state index < -0.39 is 10.0 Å². The number of hydrogen-bond acceptors (Lipinski definition) is 3. The SMILES string of the molecule is CCNC(=NCCCN(CC)S(C)(=O)=O)NCCc1ccccc1F. The molecule has 1 rings (SSSR count). The van der Waals surface area contributed by atoms with Crippen LogP contribution in [0.2, 0.25) is 0 Å². The fraction of sp³-hybridized carbons (Fsp3) is 0.588. The molecule has 0 amide bonds. The molecule has 0 bridgehead atoms. The van der Waals surface area contributed by atoms with Gasteiger partial charge in [-0.3, -0.25) is 4.99 Å². The van der Waals surface area contributed by atoms with Crippen molar-refractivity contribution in [1.82, 2.24) is 14.9 Å². The first-order valence-corrected chi connectivity index (χ1v) is 10.4. The zero-order chi connectivity index (χ0) is 18.7. The maximum Gasteiger partial charge on any atom is 0.211 e. The first-order valence-electron chi connectivity index (χ1n) is 8.59. The van der Waals surface area contributed by atoms with Crippen LogP contribution < -0.4 is 10.6 Å². The van der Waals surface area contributed by atoms with E-state index in [1.54, 1.807) is 12.1 Å². The minimum atomic E-state index is -3.16. The molecule has 0 unspecified atom stereocenters. The van der Waals surface area contributed by atoms with Crippen LogP contribution >= 0.6 is 0 Å². The lowest BCUT2D eigenvalue weighted by Crippen LogP contribution is -2.38. The Morgan fingerprint density at radius 3 is 2.56 bits per heavy atom. The van der Waals surface area contributed by atoms with Gasteiger partial charge in [0.05, 0.1) is 6.26 Å². The van der Waals surface area contributed by atoms with Gasteiger partial charge in [0.25, 0.3) is 0 Å². The monoisotopic (exact) mass is 372 g/mol. The molecule has 0 spiro atoms. The van der Waals surface area contributed by atoms with E-state index in [9.17, 15) is 12.8 Å². The Balaban J connectivity index is 2.44. The highest BCUT2D eigenvalue weighted by Crippen LogP contribution is 2.06. The van der Waals surface area contributed by atoms with Gasteiger partial charge in [-0.1, -0.05) is 25.1 Å². The predicted octanol–water partition coefficient (Wildman–Crippen LogP) is 1.59. The van der Waals surface area contributed by atoms with E-state index in [0.29, 0.717) is 50.5 Å². The molecule has 0 heterocycles. The van der Waals surface area contributed by atoms with Crippen LogP contribution in [0.15, 0.2) is 29.3 Å². The molecule has 0 saturated heterocycles. The number of sulfonamides is 1. The Morgan fingerprint density at radius 2 is 1.96 bits per heavy atom. The van der Waals surface area contributed by atoms with Crippen LogP contribution in [-0.2, 0) is 16.4 Å². The largest absolute Gasteiger partial charge is 0.357 e. The fourth-order valence-electron chi connectivity index (χ4n) is 2.35. The Hall–Kier alpha value is -1.67. The van der Waals surface area contributed by atoms with E-state index in [1.807, 2.05) is 19.9 Å². The smallest absolute Gasteiger partial charge is 0.211 e. The van der Waals surface area contributed by atoms with Crippen molar-refractivity contribution in [1.29, 1.82) is 0 Å². The van der Waals surface area contributed by atoms with Gasteiger partial charge < -0.3 is 10.6 Å². The zero-order valence-electron chi connectivity index (χ0n) is 15.3. The maximum absolute atomic E-state index is 13.6. The molecule has 0 atom stereocenters. The molecule has 0 aliphatic rings. The highest BCUT2D eigenvalue weighted by atomic mass is 32.2. The van der Waals surface area contributed by atoms with Gasteiger partial charge >= 0.3 is 0 Å². The Labute approximate surface area is 150 Å². The van der Waals surface area contributed by atoms with Crippen LogP contribution in [0.5, 0.6) is 0 Å². The summed E-state index contributed by atoms with van der Waals surface area (Å²) >= 11 is 0. The molecule has 6 nitrogen and oxygen atoms in total. The lowest BCUT2D eigenvalue weighted by Gasteiger charge is -2.17. The second-order valence-corrected chi connectivity index (χ2v) is 7.62. The summed E-state index contributed by atoms with van der Waals surface area (Å²) in [5.74, 6) is 0.452. The highest BCUT2D eigenvalue weighted by Gasteiger charge is 2.13. The van der Waals surface area contributed by atoms with Crippen molar-refractivity contribution in [2.45, 2.75) is 26.7 Å². The van der Waals surface area contributed by atoms with Gasteiger partial charge in [-0.05, 0) is 31.4 Å². The van der Waals surface area contributed by atoms with Gasteiger partial charge in [0, 0.05) is 32.7 Å². The molecule has 0 aromatic heterocycles. The molecule has 0 aliphatic heterocycles. The summed E-state index contributed by atoms with van der Waals surface area (Å²) in [5, 5.41) is 6.30. The van der Waals surface area contributed by atoms with Gasteiger partial charge in [-0.2, -0.15) is 0 Å². The molecule has 0 fully saturated rings. The number of guanidine groups is 1. The molecule has 0 saturated carbocycles. The van der Waals surface area contributed by atoms with Gasteiger partial charge in [0.1, 0.15) is 5.82 Å². The van der Waals surface area contributed by atoms with Crippen molar-refractivity contribution >= 4 is 16.0 Å². The first kappa shape index (κ1) is 21.4. The van der Waals surface area contributed by atoms with Crippen molar-refractivity contribution < 1.29 is 12.8 Å². The minimum absolute atomic E-state index is 0.202. The number of rotatable bonds is 10. The van der Waals surface area contributed by atoms with Crippen molar-refractivity contribution in [2.24, 2.45) is 4.99 Å². The molecule has 1 aromatic carbocycles. The van der Waals surface area contributed by atoms with Gasteiger partial charge in [-0.25, -0.2) is 17.1 Å². The number of aliphatic imine (C=N–C) groups is 1. The third-order valence-electron chi connectivity index (χ3n) is 3.65. The Bertz CT molecular complexity index is 650. The molecule has 8 heteroatoms. The highest BCUT2D eigenvalue weighted by molar-refractivity contribution is 7.88. The van der Waals surface area contributed by atoms with Gasteiger partial charge in [0.15, 0.2) is 5.96 Å².